The minimum Gasteiger partial charge on any atom is -0.355 e. The summed E-state index contributed by atoms with van der Waals surface area (Å²) in [4.78, 5) is 24.3. The minimum atomic E-state index is -0.779. The maximum absolute atomic E-state index is 12.2. The molecular formula is C23H27ClN4O2. The molecule has 0 radical (unpaired) electrons. The predicted octanol–water partition coefficient (Wildman–Crippen LogP) is 4.54. The van der Waals surface area contributed by atoms with Gasteiger partial charge >= 0.3 is 11.8 Å². The fourth-order valence-electron chi connectivity index (χ4n) is 3.52. The first kappa shape index (κ1) is 21.8. The van der Waals surface area contributed by atoms with Crippen molar-refractivity contribution in [3.8, 4) is 0 Å². The molecule has 30 heavy (non-hydrogen) atoms. The minimum absolute atomic E-state index is 0.0409. The van der Waals surface area contributed by atoms with Crippen LogP contribution in [0.1, 0.15) is 43.7 Å². The summed E-state index contributed by atoms with van der Waals surface area (Å²) in [6.07, 6.45) is 5.68. The molecule has 7 heteroatoms. The molecule has 6 nitrogen and oxygen atoms in total. The number of amides is 2. The average molecular weight is 427 g/mol. The van der Waals surface area contributed by atoms with Gasteiger partial charge in [0.05, 0.1) is 6.21 Å². The predicted molar refractivity (Wildman–Crippen MR) is 121 cm³/mol. The van der Waals surface area contributed by atoms with Crippen LogP contribution < -0.4 is 16.1 Å². The van der Waals surface area contributed by atoms with Crippen LogP contribution in [-0.4, -0.2) is 24.1 Å². The first-order valence-corrected chi connectivity index (χ1v) is 10.6. The molecular weight excluding hydrogens is 400 g/mol. The molecule has 2 amide bonds. The van der Waals surface area contributed by atoms with Crippen molar-refractivity contribution in [2.24, 2.45) is 11.0 Å². The molecule has 0 bridgehead atoms. The van der Waals surface area contributed by atoms with E-state index in [9.17, 15) is 9.59 Å². The molecule has 0 spiro atoms. The lowest BCUT2D eigenvalue weighted by molar-refractivity contribution is -0.139. The van der Waals surface area contributed by atoms with Gasteiger partial charge < -0.3 is 10.6 Å². The smallest absolute Gasteiger partial charge is 0.329 e. The van der Waals surface area contributed by atoms with Gasteiger partial charge in [-0.1, -0.05) is 49.1 Å². The number of aryl methyl sites for hydroxylation is 1. The van der Waals surface area contributed by atoms with Crippen molar-refractivity contribution in [2.45, 2.75) is 45.6 Å². The zero-order valence-corrected chi connectivity index (χ0v) is 18.0. The number of rotatable bonds is 5. The molecule has 3 rings (SSSR count). The Bertz CT molecular complexity index is 927. The van der Waals surface area contributed by atoms with Gasteiger partial charge in [0.25, 0.3) is 0 Å². The van der Waals surface area contributed by atoms with Gasteiger partial charge in [-0.15, -0.1) is 0 Å². The van der Waals surface area contributed by atoms with Gasteiger partial charge in [-0.2, -0.15) is 5.10 Å². The Morgan fingerprint density at radius 1 is 1.07 bits per heavy atom. The maximum Gasteiger partial charge on any atom is 0.329 e. The summed E-state index contributed by atoms with van der Waals surface area (Å²) in [5, 5.41) is 10.6. The van der Waals surface area contributed by atoms with E-state index in [1.54, 1.807) is 12.1 Å². The van der Waals surface area contributed by atoms with E-state index in [4.69, 9.17) is 11.6 Å². The molecule has 0 aliphatic heterocycles. The van der Waals surface area contributed by atoms with Gasteiger partial charge in [0, 0.05) is 28.0 Å². The van der Waals surface area contributed by atoms with Crippen LogP contribution in [0.5, 0.6) is 0 Å². The van der Waals surface area contributed by atoms with Crippen LogP contribution in [-0.2, 0) is 9.59 Å². The number of hydrazone groups is 1. The van der Waals surface area contributed by atoms with Gasteiger partial charge in [-0.05, 0) is 56.0 Å². The van der Waals surface area contributed by atoms with Gasteiger partial charge in [-0.25, -0.2) is 5.43 Å². The number of hydrogen-bond donors (Lipinski definition) is 3. The van der Waals surface area contributed by atoms with Gasteiger partial charge in [-0.3, -0.25) is 9.59 Å². The Morgan fingerprint density at radius 2 is 1.80 bits per heavy atom. The SMILES string of the molecule is Cc1ccc(Nc2ccc(Cl)cc2/C=N\NC(=O)C(=O)N[C@H]2CCCC[C@@H]2C)cc1. The molecule has 2 aromatic rings. The second-order valence-corrected chi connectivity index (χ2v) is 8.20. The summed E-state index contributed by atoms with van der Waals surface area (Å²) in [6.45, 7) is 4.12. The molecule has 0 saturated heterocycles. The summed E-state index contributed by atoms with van der Waals surface area (Å²) in [6, 6.07) is 13.4. The summed E-state index contributed by atoms with van der Waals surface area (Å²) in [5.74, 6) is -1.06. The summed E-state index contributed by atoms with van der Waals surface area (Å²) >= 11 is 6.11. The highest BCUT2D eigenvalue weighted by Gasteiger charge is 2.25. The van der Waals surface area contributed by atoms with E-state index < -0.39 is 11.8 Å². The van der Waals surface area contributed by atoms with E-state index in [1.165, 1.54) is 18.2 Å². The van der Waals surface area contributed by atoms with Crippen LogP contribution in [0.25, 0.3) is 0 Å². The quantitative estimate of drug-likeness (QED) is 0.373. The normalized spacial score (nSPS) is 18.8. The number of carbonyl (C=O) groups is 2. The van der Waals surface area contributed by atoms with E-state index in [1.807, 2.05) is 37.3 Å². The average Bonchev–Trinajstić information content (AvgIpc) is 2.73. The van der Waals surface area contributed by atoms with E-state index >= 15 is 0 Å². The number of nitrogens with one attached hydrogen (secondary N) is 3. The molecule has 1 aliphatic carbocycles. The van der Waals surface area contributed by atoms with Crippen molar-refractivity contribution in [3.63, 3.8) is 0 Å². The zero-order valence-electron chi connectivity index (χ0n) is 17.2. The molecule has 158 valence electrons. The van der Waals surface area contributed by atoms with Crippen molar-refractivity contribution in [2.75, 3.05) is 5.32 Å². The Labute approximate surface area is 182 Å². The zero-order chi connectivity index (χ0) is 21.5. The van der Waals surface area contributed by atoms with Crippen LogP contribution in [0, 0.1) is 12.8 Å². The second kappa shape index (κ2) is 10.3. The Hall–Kier alpha value is -2.86. The van der Waals surface area contributed by atoms with Crippen LogP contribution in [0.2, 0.25) is 5.02 Å². The fourth-order valence-corrected chi connectivity index (χ4v) is 3.70. The number of benzene rings is 2. The standard InChI is InChI=1S/C23H27ClN4O2/c1-15-7-10-19(11-8-15)26-21-12-9-18(24)13-17(21)14-25-28-23(30)22(29)27-20-6-4-3-5-16(20)2/h7-14,16,20,26H,3-6H2,1-2H3,(H,27,29)(H,28,30)/b25-14-/t16-,20-/m0/s1. The number of hydrogen-bond acceptors (Lipinski definition) is 4. The van der Waals surface area contributed by atoms with E-state index in [-0.39, 0.29) is 6.04 Å². The monoisotopic (exact) mass is 426 g/mol. The van der Waals surface area contributed by atoms with Crippen molar-refractivity contribution >= 4 is 41.0 Å². The highest BCUT2D eigenvalue weighted by Crippen LogP contribution is 2.24. The van der Waals surface area contributed by atoms with Crippen molar-refractivity contribution in [3.05, 3.63) is 58.6 Å². The molecule has 1 fully saturated rings. The lowest BCUT2D eigenvalue weighted by Gasteiger charge is -2.29. The number of anilines is 2. The first-order valence-electron chi connectivity index (χ1n) is 10.2. The molecule has 0 unspecified atom stereocenters. The molecule has 2 aromatic carbocycles. The summed E-state index contributed by atoms with van der Waals surface area (Å²) in [7, 11) is 0. The maximum atomic E-state index is 12.2. The molecule has 2 atom stereocenters. The molecule has 1 aliphatic rings. The Morgan fingerprint density at radius 3 is 2.53 bits per heavy atom. The first-order chi connectivity index (χ1) is 14.4. The fraction of sp³-hybridized carbons (Fsp3) is 0.348. The molecule has 0 heterocycles. The van der Waals surface area contributed by atoms with Crippen LogP contribution >= 0.6 is 11.6 Å². The summed E-state index contributed by atoms with van der Waals surface area (Å²) < 4.78 is 0. The van der Waals surface area contributed by atoms with Crippen molar-refractivity contribution < 1.29 is 9.59 Å². The largest absolute Gasteiger partial charge is 0.355 e. The van der Waals surface area contributed by atoms with Crippen molar-refractivity contribution in [1.29, 1.82) is 0 Å². The van der Waals surface area contributed by atoms with Crippen LogP contribution in [0.4, 0.5) is 11.4 Å². The second-order valence-electron chi connectivity index (χ2n) is 7.76. The molecule has 3 N–H and O–H groups in total. The lowest BCUT2D eigenvalue weighted by atomic mass is 9.86. The highest BCUT2D eigenvalue weighted by atomic mass is 35.5. The van der Waals surface area contributed by atoms with Crippen LogP contribution in [0.3, 0.4) is 0 Å². The van der Waals surface area contributed by atoms with E-state index in [0.29, 0.717) is 16.5 Å². The Kier molecular flexibility index (Phi) is 7.46. The third-order valence-corrected chi connectivity index (χ3v) is 5.58. The van der Waals surface area contributed by atoms with Crippen molar-refractivity contribution in [1.82, 2.24) is 10.7 Å². The van der Waals surface area contributed by atoms with E-state index in [2.05, 4.69) is 28.1 Å². The molecule has 0 aromatic heterocycles. The topological polar surface area (TPSA) is 82.6 Å². The number of carbonyl (C=O) groups excluding carboxylic acids is 2. The number of nitrogens with zero attached hydrogens (tertiary/aromatic N) is 1. The van der Waals surface area contributed by atoms with Gasteiger partial charge in [0.2, 0.25) is 0 Å². The Balaban J connectivity index is 1.62. The molecule has 1 saturated carbocycles. The third kappa shape index (κ3) is 6.07. The van der Waals surface area contributed by atoms with E-state index in [0.717, 1.165) is 30.6 Å². The highest BCUT2D eigenvalue weighted by molar-refractivity contribution is 6.35. The van der Waals surface area contributed by atoms with Crippen LogP contribution in [0.15, 0.2) is 47.6 Å². The number of halogens is 1. The summed E-state index contributed by atoms with van der Waals surface area (Å²) in [5.41, 5.74) is 5.85. The third-order valence-electron chi connectivity index (χ3n) is 5.35. The van der Waals surface area contributed by atoms with Gasteiger partial charge in [0.15, 0.2) is 0 Å². The lowest BCUT2D eigenvalue weighted by Crippen LogP contribution is -2.46. The van der Waals surface area contributed by atoms with Gasteiger partial charge in [0.1, 0.15) is 0 Å².